The van der Waals surface area contributed by atoms with Crippen LogP contribution in [0.1, 0.15) is 62.3 Å². The van der Waals surface area contributed by atoms with Crippen LogP contribution in [0, 0.1) is 5.92 Å². The third-order valence-corrected chi connectivity index (χ3v) is 9.50. The summed E-state index contributed by atoms with van der Waals surface area (Å²) in [6, 6.07) is 30.7. The van der Waals surface area contributed by atoms with E-state index >= 15 is 0 Å². The molecule has 0 spiro atoms. The van der Waals surface area contributed by atoms with Gasteiger partial charge in [-0.25, -0.2) is 4.98 Å². The number of carbonyl (C=O) groups is 2. The summed E-state index contributed by atoms with van der Waals surface area (Å²) in [5.74, 6) is 0.144. The summed E-state index contributed by atoms with van der Waals surface area (Å²) in [5, 5.41) is 17.1. The minimum atomic E-state index is -0.625. The van der Waals surface area contributed by atoms with E-state index in [0.29, 0.717) is 16.9 Å². The van der Waals surface area contributed by atoms with E-state index in [-0.39, 0.29) is 43.1 Å². The monoisotopic (exact) mass is 632 g/mol. The highest BCUT2D eigenvalue weighted by molar-refractivity contribution is 7.99. The van der Waals surface area contributed by atoms with Gasteiger partial charge in [0.1, 0.15) is 6.33 Å². The lowest BCUT2D eigenvalue weighted by molar-refractivity contribution is -0.268. The number of nitrogens with one attached hydrogen (secondary N) is 1. The number of ether oxygens (including phenoxy) is 2. The molecule has 2 aliphatic rings. The second-order valence-corrected chi connectivity index (χ2v) is 12.5. The lowest BCUT2D eigenvalue weighted by Crippen LogP contribution is -2.38. The van der Waals surface area contributed by atoms with Gasteiger partial charge >= 0.3 is 0 Å². The van der Waals surface area contributed by atoms with Crippen molar-refractivity contribution in [2.24, 2.45) is 5.92 Å². The molecule has 1 fully saturated rings. The number of thioether (sulfide) groups is 1. The van der Waals surface area contributed by atoms with Crippen LogP contribution in [0.2, 0.25) is 0 Å². The molecule has 4 aromatic carbocycles. The average Bonchev–Trinajstić information content (AvgIpc) is 3.71. The molecule has 2 aliphatic heterocycles. The maximum Gasteiger partial charge on any atom is 0.261 e. The first-order valence-corrected chi connectivity index (χ1v) is 16.1. The molecular formula is C36H32N4O5S. The van der Waals surface area contributed by atoms with Gasteiger partial charge in [0.05, 0.1) is 36.5 Å². The predicted molar refractivity (Wildman–Crippen MR) is 173 cm³/mol. The molecule has 7 rings (SSSR count). The first-order valence-electron chi connectivity index (χ1n) is 15.1. The molecule has 5 aromatic rings. The minimum absolute atomic E-state index is 0.0180. The van der Waals surface area contributed by atoms with Crippen molar-refractivity contribution < 1.29 is 24.2 Å². The average molecular weight is 633 g/mol. The lowest BCUT2D eigenvalue weighted by Gasteiger charge is -2.41. The number of aliphatic hydroxyl groups excluding tert-OH is 1. The summed E-state index contributed by atoms with van der Waals surface area (Å²) in [4.78, 5) is 31.5. The van der Waals surface area contributed by atoms with Gasteiger partial charge in [-0.3, -0.25) is 19.6 Å². The Bertz CT molecular complexity index is 1830. The molecule has 46 heavy (non-hydrogen) atoms. The smallest absolute Gasteiger partial charge is 0.261 e. The van der Waals surface area contributed by atoms with Crippen molar-refractivity contribution in [3.63, 3.8) is 0 Å². The molecule has 4 atom stereocenters. The number of carbonyl (C=O) groups excluding carboxylic acids is 2. The van der Waals surface area contributed by atoms with Crippen molar-refractivity contribution in [2.45, 2.75) is 43.7 Å². The Kier molecular flexibility index (Phi) is 8.51. The van der Waals surface area contributed by atoms with Crippen LogP contribution in [-0.4, -0.2) is 48.9 Å². The number of aliphatic hydroxyl groups is 1. The fourth-order valence-corrected chi connectivity index (χ4v) is 6.96. The molecule has 232 valence electrons. The first kappa shape index (κ1) is 30.1. The van der Waals surface area contributed by atoms with Gasteiger partial charge in [-0.2, -0.15) is 5.10 Å². The zero-order chi connectivity index (χ0) is 31.6. The van der Waals surface area contributed by atoms with Crippen molar-refractivity contribution in [1.29, 1.82) is 0 Å². The summed E-state index contributed by atoms with van der Waals surface area (Å²) >= 11 is 1.55. The number of fused-ring (bicyclic) bond motifs is 1. The third kappa shape index (κ3) is 6.00. The molecule has 0 saturated carbocycles. The fraction of sp³-hybridized carbons (Fsp3) is 0.222. The van der Waals surface area contributed by atoms with Crippen LogP contribution in [0.15, 0.2) is 109 Å². The van der Waals surface area contributed by atoms with E-state index in [1.165, 1.54) is 11.2 Å². The molecular weight excluding hydrogens is 600 g/mol. The van der Waals surface area contributed by atoms with Crippen molar-refractivity contribution in [1.82, 2.24) is 20.1 Å². The fourth-order valence-electron chi connectivity index (χ4n) is 6.01. The standard InChI is InChI=1S/C36H32N4O5S/c1-22-31(20-46-36-37-21-38-39-36)44-35(45-32(22)25-14-12-23(19-41)13-15-25)28-9-5-8-27(17-28)26-7-4-6-24(16-26)18-40-33(42)29-10-2-3-11-30(29)34(40)43/h2-17,21-22,31-32,35,41H,18-20H2,1H3,(H,37,38,39)/t22-,31+,32+,35+/m0/s1. The van der Waals surface area contributed by atoms with Gasteiger partial charge in [-0.15, -0.1) is 0 Å². The van der Waals surface area contributed by atoms with Crippen LogP contribution in [-0.2, 0) is 22.6 Å². The molecule has 0 radical (unpaired) electrons. The zero-order valence-corrected chi connectivity index (χ0v) is 25.9. The predicted octanol–water partition coefficient (Wildman–Crippen LogP) is 6.34. The van der Waals surface area contributed by atoms with Crippen LogP contribution >= 0.6 is 11.8 Å². The van der Waals surface area contributed by atoms with Gasteiger partial charge in [0, 0.05) is 17.2 Å². The number of hydrogen-bond acceptors (Lipinski definition) is 8. The van der Waals surface area contributed by atoms with E-state index in [4.69, 9.17) is 9.47 Å². The Balaban J connectivity index is 1.14. The topological polar surface area (TPSA) is 118 Å². The molecule has 1 aromatic heterocycles. The largest absolute Gasteiger partial charge is 0.392 e. The minimum Gasteiger partial charge on any atom is -0.392 e. The van der Waals surface area contributed by atoms with E-state index in [2.05, 4.69) is 28.2 Å². The number of aromatic nitrogens is 3. The molecule has 9 nitrogen and oxygen atoms in total. The van der Waals surface area contributed by atoms with E-state index in [0.717, 1.165) is 38.5 Å². The number of H-pyrrole nitrogens is 1. The number of rotatable bonds is 9. The summed E-state index contributed by atoms with van der Waals surface area (Å²) in [6.07, 6.45) is 0.479. The normalized spacial score (nSPS) is 21.0. The van der Waals surface area contributed by atoms with Gasteiger partial charge in [0.25, 0.3) is 11.8 Å². The molecule has 0 unspecified atom stereocenters. The van der Waals surface area contributed by atoms with E-state index in [1.54, 1.807) is 36.0 Å². The maximum atomic E-state index is 13.0. The quantitative estimate of drug-likeness (QED) is 0.143. The second-order valence-electron chi connectivity index (χ2n) is 11.5. The molecule has 2 amide bonds. The Morgan fingerprint density at radius 2 is 1.54 bits per heavy atom. The molecule has 2 N–H and O–H groups in total. The Hall–Kier alpha value is -4.61. The number of imide groups is 1. The lowest BCUT2D eigenvalue weighted by atomic mass is 9.91. The summed E-state index contributed by atoms with van der Waals surface area (Å²) in [7, 11) is 0. The van der Waals surface area contributed by atoms with Crippen LogP contribution in [0.25, 0.3) is 11.1 Å². The highest BCUT2D eigenvalue weighted by Gasteiger charge is 2.39. The highest BCUT2D eigenvalue weighted by Crippen LogP contribution is 2.43. The Labute approximate surface area is 270 Å². The van der Waals surface area contributed by atoms with Gasteiger partial charge in [0.15, 0.2) is 11.4 Å². The van der Waals surface area contributed by atoms with Crippen LogP contribution < -0.4 is 0 Å². The molecule has 10 heteroatoms. The molecule has 3 heterocycles. The molecule has 1 saturated heterocycles. The SMILES string of the molecule is C[C@H]1[C@@H](CSc2ncn[nH]2)O[C@@H](c2cccc(-c3cccc(CN4C(=O)c5ccccc5C4=O)c3)c2)O[C@H]1c1ccc(CO)cc1. The van der Waals surface area contributed by atoms with E-state index in [9.17, 15) is 14.7 Å². The number of hydrogen-bond donors (Lipinski definition) is 2. The van der Waals surface area contributed by atoms with Crippen molar-refractivity contribution >= 4 is 23.6 Å². The number of nitrogens with zero attached hydrogens (tertiary/aromatic N) is 3. The number of amides is 2. The van der Waals surface area contributed by atoms with Crippen molar-refractivity contribution in [3.8, 4) is 11.1 Å². The third-order valence-electron chi connectivity index (χ3n) is 8.54. The zero-order valence-electron chi connectivity index (χ0n) is 25.1. The first-order chi connectivity index (χ1) is 22.5. The summed E-state index contributed by atoms with van der Waals surface area (Å²) in [6.45, 7) is 2.30. The number of benzene rings is 4. The highest BCUT2D eigenvalue weighted by atomic mass is 32.2. The maximum absolute atomic E-state index is 13.0. The van der Waals surface area contributed by atoms with Gasteiger partial charge in [-0.05, 0) is 52.1 Å². The van der Waals surface area contributed by atoms with E-state index in [1.807, 2.05) is 66.7 Å². The van der Waals surface area contributed by atoms with Gasteiger partial charge in [0.2, 0.25) is 0 Å². The van der Waals surface area contributed by atoms with Crippen LogP contribution in [0.4, 0.5) is 0 Å². The van der Waals surface area contributed by atoms with Gasteiger partial charge in [-0.1, -0.05) is 91.5 Å². The van der Waals surface area contributed by atoms with Crippen molar-refractivity contribution in [2.75, 3.05) is 5.75 Å². The molecule has 0 aliphatic carbocycles. The van der Waals surface area contributed by atoms with Gasteiger partial charge < -0.3 is 14.6 Å². The van der Waals surface area contributed by atoms with Crippen LogP contribution in [0.3, 0.4) is 0 Å². The van der Waals surface area contributed by atoms with E-state index < -0.39 is 6.29 Å². The summed E-state index contributed by atoms with van der Waals surface area (Å²) < 4.78 is 13.3. The van der Waals surface area contributed by atoms with Crippen LogP contribution in [0.5, 0.6) is 0 Å². The summed E-state index contributed by atoms with van der Waals surface area (Å²) in [5.41, 5.74) is 6.39. The second kappa shape index (κ2) is 13.0. The Morgan fingerprint density at radius 3 is 2.24 bits per heavy atom. The number of aromatic amines is 1. The molecule has 0 bridgehead atoms. The Morgan fingerprint density at radius 1 is 0.826 bits per heavy atom. The van der Waals surface area contributed by atoms with Crippen molar-refractivity contribution in [3.05, 3.63) is 137 Å².